The van der Waals surface area contributed by atoms with Crippen molar-refractivity contribution >= 4 is 37.5 Å². The summed E-state index contributed by atoms with van der Waals surface area (Å²) < 4.78 is 52.9. The van der Waals surface area contributed by atoms with Gasteiger partial charge in [-0.25, -0.2) is 4.57 Å². The maximum Gasteiger partial charge on any atom is 0.459 e. The molecule has 1 saturated heterocycles. The Morgan fingerprint density at radius 2 is 1.58 bits per heavy atom. The first kappa shape index (κ1) is 40.0. The number of esters is 4. The van der Waals surface area contributed by atoms with E-state index in [0.29, 0.717) is 0 Å². The molecule has 18 nitrogen and oxygen atoms in total. The van der Waals surface area contributed by atoms with E-state index in [-0.39, 0.29) is 18.3 Å². The lowest BCUT2D eigenvalue weighted by atomic mass is 9.96. The largest absolute Gasteiger partial charge is 0.464 e. The lowest BCUT2D eigenvalue weighted by Gasteiger charge is -2.44. The molecule has 0 spiro atoms. The number of ether oxygens (including phenoxy) is 5. The molecule has 0 aromatic heterocycles. The molecule has 2 rings (SSSR count). The summed E-state index contributed by atoms with van der Waals surface area (Å²) in [6.45, 7) is 7.22. The zero-order chi connectivity index (χ0) is 35.9. The molecule has 19 heteroatoms. The number of benzene rings is 1. The molecule has 0 aliphatic carbocycles. The highest BCUT2D eigenvalue weighted by Gasteiger charge is 2.52. The van der Waals surface area contributed by atoms with Crippen LogP contribution < -0.4 is 14.9 Å². The first-order chi connectivity index (χ1) is 22.7. The number of rotatable bonds is 18. The lowest BCUT2D eigenvalue weighted by molar-refractivity contribution is -0.268. The molecule has 0 saturated carbocycles. The van der Waals surface area contributed by atoms with Gasteiger partial charge in [-0.3, -0.25) is 28.5 Å². The van der Waals surface area contributed by atoms with E-state index >= 15 is 0 Å². The van der Waals surface area contributed by atoms with Crippen LogP contribution in [0.15, 0.2) is 35.4 Å². The summed E-state index contributed by atoms with van der Waals surface area (Å²) in [6, 6.07) is 5.22. The van der Waals surface area contributed by atoms with E-state index in [0.717, 1.165) is 33.6 Å². The monoisotopic (exact) mass is 699 g/mol. The van der Waals surface area contributed by atoms with Crippen molar-refractivity contribution in [3.8, 4) is 5.75 Å². The SMILES string of the molecule is CCC(CC)COC(=O)[C@H](C)NP(=O)(OC[C@H]1OC(OC(C)=O)[C@@H](NC(=O)CN=[N+]=[N-])[C@@H](OC(C)=O)[C@@H]1OC(C)=O)Oc1ccccc1. The number of hydrogen-bond donors (Lipinski definition) is 2. The van der Waals surface area contributed by atoms with E-state index in [4.69, 9.17) is 38.3 Å². The van der Waals surface area contributed by atoms with E-state index in [9.17, 15) is 28.5 Å². The van der Waals surface area contributed by atoms with Crippen LogP contribution in [0.1, 0.15) is 54.4 Å². The first-order valence-corrected chi connectivity index (χ1v) is 16.7. The molecule has 2 unspecified atom stereocenters. The summed E-state index contributed by atoms with van der Waals surface area (Å²) in [6.07, 6.45) is -4.68. The maximum absolute atomic E-state index is 14.2. The molecule has 266 valence electrons. The normalized spacial score (nSPS) is 22.2. The Kier molecular flexibility index (Phi) is 16.3. The van der Waals surface area contributed by atoms with E-state index < -0.39 is 87.4 Å². The number of carbonyl (C=O) groups is 5. The van der Waals surface area contributed by atoms with E-state index in [2.05, 4.69) is 20.4 Å². The molecule has 1 aliphatic rings. The fourth-order valence-corrected chi connectivity index (χ4v) is 5.97. The Morgan fingerprint density at radius 3 is 2.15 bits per heavy atom. The number of nitrogens with zero attached hydrogens (tertiary/aromatic N) is 3. The van der Waals surface area contributed by atoms with Gasteiger partial charge in [-0.2, -0.15) is 5.09 Å². The van der Waals surface area contributed by atoms with Crippen LogP contribution in [0.2, 0.25) is 0 Å². The van der Waals surface area contributed by atoms with Crippen LogP contribution in [0, 0.1) is 5.92 Å². The van der Waals surface area contributed by atoms with Gasteiger partial charge in [0.05, 0.1) is 13.2 Å². The van der Waals surface area contributed by atoms with Crippen molar-refractivity contribution in [1.82, 2.24) is 10.4 Å². The zero-order valence-electron chi connectivity index (χ0n) is 27.6. The number of amides is 1. The molecule has 48 heavy (non-hydrogen) atoms. The van der Waals surface area contributed by atoms with Crippen molar-refractivity contribution in [3.63, 3.8) is 0 Å². The Hall–Kier alpha value is -4.21. The predicted octanol–water partition coefficient (Wildman–Crippen LogP) is 3.09. The molecular weight excluding hydrogens is 657 g/mol. The van der Waals surface area contributed by atoms with Gasteiger partial charge in [-0.1, -0.05) is 50.0 Å². The fraction of sp³-hybridized carbons (Fsp3) is 0.621. The number of nitrogens with one attached hydrogen (secondary N) is 2. The minimum atomic E-state index is -4.49. The second kappa shape index (κ2) is 19.6. The van der Waals surface area contributed by atoms with Crippen LogP contribution in [0.4, 0.5) is 0 Å². The van der Waals surface area contributed by atoms with E-state index in [1.54, 1.807) is 18.2 Å². The molecule has 7 atom stereocenters. The van der Waals surface area contributed by atoms with Crippen molar-refractivity contribution in [2.45, 2.75) is 91.1 Å². The number of para-hydroxylation sites is 1. The van der Waals surface area contributed by atoms with Gasteiger partial charge in [0, 0.05) is 25.7 Å². The Bertz CT molecular complexity index is 1360. The summed E-state index contributed by atoms with van der Waals surface area (Å²) in [5, 5.41) is 8.11. The van der Waals surface area contributed by atoms with Gasteiger partial charge >= 0.3 is 31.6 Å². The topological polar surface area (TPSA) is 240 Å². The molecule has 1 amide bonds. The van der Waals surface area contributed by atoms with Gasteiger partial charge in [-0.05, 0) is 30.5 Å². The predicted molar refractivity (Wildman–Crippen MR) is 166 cm³/mol. The van der Waals surface area contributed by atoms with Crippen molar-refractivity contribution < 1.29 is 61.3 Å². The maximum atomic E-state index is 14.2. The van der Waals surface area contributed by atoms with Crippen LogP contribution in [0.5, 0.6) is 5.75 Å². The average molecular weight is 700 g/mol. The van der Waals surface area contributed by atoms with Crippen molar-refractivity contribution in [2.24, 2.45) is 11.0 Å². The van der Waals surface area contributed by atoms with Gasteiger partial charge in [0.1, 0.15) is 30.5 Å². The summed E-state index contributed by atoms with van der Waals surface area (Å²) in [7, 11) is -4.49. The lowest BCUT2D eigenvalue weighted by Crippen LogP contribution is -2.67. The van der Waals surface area contributed by atoms with Crippen molar-refractivity contribution in [1.29, 1.82) is 0 Å². The summed E-state index contributed by atoms with van der Waals surface area (Å²) in [4.78, 5) is 64.2. The zero-order valence-corrected chi connectivity index (χ0v) is 28.5. The molecule has 1 aromatic rings. The number of hydrogen-bond acceptors (Lipinski definition) is 14. The minimum Gasteiger partial charge on any atom is -0.464 e. The van der Waals surface area contributed by atoms with Crippen molar-refractivity contribution in [2.75, 3.05) is 19.8 Å². The van der Waals surface area contributed by atoms with Crippen LogP contribution in [0.3, 0.4) is 0 Å². The van der Waals surface area contributed by atoms with E-state index in [1.807, 2.05) is 13.8 Å². The Balaban J connectivity index is 2.45. The van der Waals surface area contributed by atoms with Crippen LogP contribution >= 0.6 is 7.75 Å². The molecule has 0 radical (unpaired) electrons. The molecule has 1 aromatic carbocycles. The van der Waals surface area contributed by atoms with Crippen molar-refractivity contribution in [3.05, 3.63) is 40.8 Å². The highest BCUT2D eigenvalue weighted by molar-refractivity contribution is 7.52. The van der Waals surface area contributed by atoms with Crippen LogP contribution in [-0.4, -0.2) is 86.2 Å². The van der Waals surface area contributed by atoms with Gasteiger partial charge in [0.15, 0.2) is 12.2 Å². The van der Waals surface area contributed by atoms with Gasteiger partial charge in [0.25, 0.3) is 0 Å². The Morgan fingerprint density at radius 1 is 0.979 bits per heavy atom. The third kappa shape index (κ3) is 13.1. The summed E-state index contributed by atoms with van der Waals surface area (Å²) in [5.74, 6) is -3.98. The third-order valence-electron chi connectivity index (χ3n) is 6.84. The summed E-state index contributed by atoms with van der Waals surface area (Å²) >= 11 is 0. The summed E-state index contributed by atoms with van der Waals surface area (Å²) in [5.41, 5.74) is 8.59. The van der Waals surface area contributed by atoms with Crippen LogP contribution in [0.25, 0.3) is 10.4 Å². The third-order valence-corrected chi connectivity index (χ3v) is 8.48. The quantitative estimate of drug-likeness (QED) is 0.0559. The number of azide groups is 1. The Labute approximate surface area is 277 Å². The fourth-order valence-electron chi connectivity index (χ4n) is 4.47. The standard InChI is InChI=1S/C29H42N5O13P/c1-7-21(8-2)15-41-28(39)17(3)33-48(40,47-22-12-10-9-11-13-22)42-16-23-26(43-18(4)35)27(44-19(5)36)25(29(46-23)45-20(6)37)32-24(38)14-31-34-30/h9-13,17,21,23,25-27,29H,7-8,14-16H2,1-6H3,(H,32,38)(H,33,40)/t17-,23+,25-,26+,27+,29?,48?/m0/s1. The van der Waals surface area contributed by atoms with Crippen LogP contribution in [-0.2, 0) is 56.7 Å². The minimum absolute atomic E-state index is 0.102. The molecule has 2 N–H and O–H groups in total. The second-order valence-corrected chi connectivity index (χ2v) is 12.3. The molecule has 1 aliphatic heterocycles. The molecule has 0 bridgehead atoms. The molecule has 1 heterocycles. The smallest absolute Gasteiger partial charge is 0.459 e. The number of carbonyl (C=O) groups excluding carboxylic acids is 5. The van der Waals surface area contributed by atoms with Gasteiger partial charge < -0.3 is 33.5 Å². The molecule has 1 fully saturated rings. The van der Waals surface area contributed by atoms with Gasteiger partial charge in [-0.15, -0.1) is 0 Å². The first-order valence-electron chi connectivity index (χ1n) is 15.1. The van der Waals surface area contributed by atoms with E-state index in [1.165, 1.54) is 19.1 Å². The highest BCUT2D eigenvalue weighted by Crippen LogP contribution is 2.45. The average Bonchev–Trinajstić information content (AvgIpc) is 3.02. The second-order valence-electron chi connectivity index (χ2n) is 10.6. The molecular formula is C29H42N5O13P. The highest BCUT2D eigenvalue weighted by atomic mass is 31.2. The van der Waals surface area contributed by atoms with Gasteiger partial charge in [0.2, 0.25) is 12.2 Å².